The standard InChI is InChI=1S/C20H35N5.HI/c1-5-25-12-8-11-19(25)14-23-20(21)22-13-17-9-6-7-10-18(17)15-24(4)16(2)3;/h6-7,9-10,16,19H,5,8,11-15H2,1-4H3,(H3,21,22,23);1H. The number of aliphatic imine (C=N–C) groups is 1. The Morgan fingerprint density at radius 2 is 2.04 bits per heavy atom. The Bertz CT molecular complexity index is 561. The van der Waals surface area contributed by atoms with Crippen molar-refractivity contribution in [2.75, 3.05) is 26.7 Å². The SMILES string of the molecule is CCN1CCCC1CNC(N)=NCc1ccccc1CN(C)C(C)C.I. The number of nitrogens with zero attached hydrogens (tertiary/aromatic N) is 3. The van der Waals surface area contributed by atoms with E-state index in [1.807, 2.05) is 0 Å². The first kappa shape index (κ1) is 23.2. The number of likely N-dealkylation sites (N-methyl/N-ethyl adjacent to an activating group) is 1. The topological polar surface area (TPSA) is 56.9 Å². The Labute approximate surface area is 176 Å². The Morgan fingerprint density at radius 1 is 1.35 bits per heavy atom. The van der Waals surface area contributed by atoms with Gasteiger partial charge in [0.25, 0.3) is 0 Å². The molecule has 1 saturated heterocycles. The summed E-state index contributed by atoms with van der Waals surface area (Å²) in [7, 11) is 2.15. The van der Waals surface area contributed by atoms with Crippen LogP contribution in [0.1, 0.15) is 44.7 Å². The van der Waals surface area contributed by atoms with E-state index < -0.39 is 0 Å². The van der Waals surface area contributed by atoms with Crippen molar-refractivity contribution in [2.45, 2.75) is 58.8 Å². The van der Waals surface area contributed by atoms with E-state index in [1.165, 1.54) is 30.5 Å². The molecular weight excluding hydrogens is 437 g/mol. The van der Waals surface area contributed by atoms with Crippen molar-refractivity contribution in [3.63, 3.8) is 0 Å². The van der Waals surface area contributed by atoms with Crippen LogP contribution in [0.25, 0.3) is 0 Å². The van der Waals surface area contributed by atoms with Gasteiger partial charge in [-0.3, -0.25) is 9.80 Å². The van der Waals surface area contributed by atoms with E-state index in [9.17, 15) is 0 Å². The lowest BCUT2D eigenvalue weighted by molar-refractivity contribution is 0.265. The number of halogens is 1. The van der Waals surface area contributed by atoms with Gasteiger partial charge in [0.15, 0.2) is 5.96 Å². The predicted molar refractivity (Wildman–Crippen MR) is 122 cm³/mol. The highest BCUT2D eigenvalue weighted by Crippen LogP contribution is 2.16. The van der Waals surface area contributed by atoms with Crippen molar-refractivity contribution in [1.29, 1.82) is 0 Å². The molecule has 1 atom stereocenters. The molecule has 148 valence electrons. The normalized spacial score (nSPS) is 18.4. The van der Waals surface area contributed by atoms with Gasteiger partial charge in [0.2, 0.25) is 0 Å². The molecule has 2 rings (SSSR count). The Kier molecular flexibility index (Phi) is 10.5. The molecule has 0 amide bonds. The van der Waals surface area contributed by atoms with Crippen LogP contribution in [0, 0.1) is 0 Å². The lowest BCUT2D eigenvalue weighted by Gasteiger charge is -2.23. The molecule has 0 aliphatic carbocycles. The third-order valence-electron chi connectivity index (χ3n) is 5.26. The molecule has 1 aliphatic rings. The molecule has 0 bridgehead atoms. The number of hydrogen-bond acceptors (Lipinski definition) is 3. The van der Waals surface area contributed by atoms with E-state index in [2.05, 4.69) is 72.2 Å². The highest BCUT2D eigenvalue weighted by atomic mass is 127. The zero-order valence-electron chi connectivity index (χ0n) is 16.7. The van der Waals surface area contributed by atoms with Gasteiger partial charge in [0, 0.05) is 25.2 Å². The first-order chi connectivity index (χ1) is 12.0. The van der Waals surface area contributed by atoms with Gasteiger partial charge < -0.3 is 11.1 Å². The van der Waals surface area contributed by atoms with Crippen molar-refractivity contribution < 1.29 is 0 Å². The molecular formula is C20H36IN5. The summed E-state index contributed by atoms with van der Waals surface area (Å²) < 4.78 is 0. The smallest absolute Gasteiger partial charge is 0.188 e. The molecule has 0 spiro atoms. The average molecular weight is 473 g/mol. The van der Waals surface area contributed by atoms with Crippen LogP contribution < -0.4 is 11.1 Å². The van der Waals surface area contributed by atoms with Crippen molar-refractivity contribution in [3.05, 3.63) is 35.4 Å². The van der Waals surface area contributed by atoms with Crippen LogP contribution in [0.2, 0.25) is 0 Å². The zero-order valence-corrected chi connectivity index (χ0v) is 19.1. The fourth-order valence-corrected chi connectivity index (χ4v) is 3.31. The average Bonchev–Trinajstić information content (AvgIpc) is 3.06. The van der Waals surface area contributed by atoms with Gasteiger partial charge in [-0.05, 0) is 58.0 Å². The Morgan fingerprint density at radius 3 is 2.69 bits per heavy atom. The number of nitrogens with one attached hydrogen (secondary N) is 1. The van der Waals surface area contributed by atoms with Crippen LogP contribution in [0.15, 0.2) is 29.3 Å². The molecule has 1 aliphatic heterocycles. The second-order valence-electron chi connectivity index (χ2n) is 7.28. The van der Waals surface area contributed by atoms with Crippen LogP contribution in [-0.2, 0) is 13.1 Å². The fraction of sp³-hybridized carbons (Fsp3) is 0.650. The molecule has 1 heterocycles. The number of likely N-dealkylation sites (tertiary alicyclic amines) is 1. The highest BCUT2D eigenvalue weighted by molar-refractivity contribution is 14.0. The summed E-state index contributed by atoms with van der Waals surface area (Å²) in [5, 5.41) is 3.31. The van der Waals surface area contributed by atoms with E-state index in [0.29, 0.717) is 24.6 Å². The van der Waals surface area contributed by atoms with E-state index in [1.54, 1.807) is 0 Å². The van der Waals surface area contributed by atoms with Gasteiger partial charge in [0.1, 0.15) is 0 Å². The molecule has 6 heteroatoms. The molecule has 1 aromatic carbocycles. The Balaban J connectivity index is 0.00000338. The van der Waals surface area contributed by atoms with Crippen LogP contribution in [-0.4, -0.2) is 54.5 Å². The minimum absolute atomic E-state index is 0. The number of hydrogen-bond donors (Lipinski definition) is 2. The monoisotopic (exact) mass is 473 g/mol. The summed E-state index contributed by atoms with van der Waals surface area (Å²) in [6.45, 7) is 11.4. The lowest BCUT2D eigenvalue weighted by atomic mass is 10.1. The summed E-state index contributed by atoms with van der Waals surface area (Å²) >= 11 is 0. The van der Waals surface area contributed by atoms with E-state index in [0.717, 1.165) is 19.6 Å². The maximum absolute atomic E-state index is 6.10. The van der Waals surface area contributed by atoms with Gasteiger partial charge in [0.05, 0.1) is 6.54 Å². The summed E-state index contributed by atoms with van der Waals surface area (Å²) in [5.41, 5.74) is 8.66. The summed E-state index contributed by atoms with van der Waals surface area (Å²) in [6.07, 6.45) is 2.53. The van der Waals surface area contributed by atoms with Crippen LogP contribution in [0.4, 0.5) is 0 Å². The zero-order chi connectivity index (χ0) is 18.2. The highest BCUT2D eigenvalue weighted by Gasteiger charge is 2.22. The van der Waals surface area contributed by atoms with Gasteiger partial charge >= 0.3 is 0 Å². The van der Waals surface area contributed by atoms with E-state index in [4.69, 9.17) is 5.73 Å². The molecule has 0 aromatic heterocycles. The molecule has 0 radical (unpaired) electrons. The third kappa shape index (κ3) is 7.04. The third-order valence-corrected chi connectivity index (χ3v) is 5.26. The maximum Gasteiger partial charge on any atom is 0.188 e. The van der Waals surface area contributed by atoms with Crippen molar-refractivity contribution in [3.8, 4) is 0 Å². The van der Waals surface area contributed by atoms with Crippen molar-refractivity contribution in [2.24, 2.45) is 10.7 Å². The summed E-state index contributed by atoms with van der Waals surface area (Å²) in [5.74, 6) is 0.551. The number of rotatable bonds is 8. The molecule has 5 nitrogen and oxygen atoms in total. The predicted octanol–water partition coefficient (Wildman–Crippen LogP) is 3.03. The quantitative estimate of drug-likeness (QED) is 0.346. The largest absolute Gasteiger partial charge is 0.370 e. The first-order valence-electron chi connectivity index (χ1n) is 9.56. The molecule has 1 fully saturated rings. The number of nitrogens with two attached hydrogens (primary N) is 1. The van der Waals surface area contributed by atoms with E-state index >= 15 is 0 Å². The van der Waals surface area contributed by atoms with Crippen molar-refractivity contribution in [1.82, 2.24) is 15.1 Å². The number of benzene rings is 1. The second kappa shape index (κ2) is 11.8. The van der Waals surface area contributed by atoms with Crippen LogP contribution in [0.3, 0.4) is 0 Å². The molecule has 3 N–H and O–H groups in total. The number of guanidine groups is 1. The maximum atomic E-state index is 6.10. The molecule has 1 unspecified atom stereocenters. The summed E-state index contributed by atoms with van der Waals surface area (Å²) in [6, 6.07) is 9.62. The van der Waals surface area contributed by atoms with Gasteiger partial charge in [-0.1, -0.05) is 31.2 Å². The van der Waals surface area contributed by atoms with Gasteiger partial charge in [-0.25, -0.2) is 4.99 Å². The van der Waals surface area contributed by atoms with Crippen molar-refractivity contribution >= 4 is 29.9 Å². The molecule has 1 aromatic rings. The molecule has 0 saturated carbocycles. The second-order valence-corrected chi connectivity index (χ2v) is 7.28. The minimum Gasteiger partial charge on any atom is -0.370 e. The van der Waals surface area contributed by atoms with Crippen LogP contribution in [0.5, 0.6) is 0 Å². The Hall–Kier alpha value is -0.860. The van der Waals surface area contributed by atoms with Crippen LogP contribution >= 0.6 is 24.0 Å². The van der Waals surface area contributed by atoms with Gasteiger partial charge in [-0.2, -0.15) is 0 Å². The van der Waals surface area contributed by atoms with E-state index in [-0.39, 0.29) is 24.0 Å². The summed E-state index contributed by atoms with van der Waals surface area (Å²) in [4.78, 5) is 9.41. The fourth-order valence-electron chi connectivity index (χ4n) is 3.31. The lowest BCUT2D eigenvalue weighted by Crippen LogP contribution is -2.42. The molecule has 26 heavy (non-hydrogen) atoms. The first-order valence-corrected chi connectivity index (χ1v) is 9.56. The van der Waals surface area contributed by atoms with Gasteiger partial charge in [-0.15, -0.1) is 24.0 Å². The minimum atomic E-state index is 0.